The Kier molecular flexibility index (Phi) is 3.78. The van der Waals surface area contributed by atoms with Crippen molar-refractivity contribution in [3.05, 3.63) is 0 Å². The van der Waals surface area contributed by atoms with Crippen molar-refractivity contribution in [3.63, 3.8) is 0 Å². The molecule has 92 valence electrons. The predicted octanol–water partition coefficient (Wildman–Crippen LogP) is 1.46. The van der Waals surface area contributed by atoms with Crippen molar-refractivity contribution < 1.29 is 19.1 Å². The summed E-state index contributed by atoms with van der Waals surface area (Å²) in [6.45, 7) is 5.43. The number of alkyl carbamates (subject to hydrolysis) is 1. The molecule has 16 heavy (non-hydrogen) atoms. The number of methoxy groups -OCH3 is 1. The number of rotatable bonds is 2. The minimum absolute atomic E-state index is 0.0268. The van der Waals surface area contributed by atoms with E-state index in [1.54, 1.807) is 0 Å². The molecular formula is C11H19NO4. The minimum Gasteiger partial charge on any atom is -0.469 e. The first-order valence-electron chi connectivity index (χ1n) is 5.39. The van der Waals surface area contributed by atoms with Crippen molar-refractivity contribution >= 4 is 12.1 Å². The summed E-state index contributed by atoms with van der Waals surface area (Å²) >= 11 is 0. The van der Waals surface area contributed by atoms with Gasteiger partial charge < -0.3 is 14.8 Å². The number of esters is 1. The van der Waals surface area contributed by atoms with E-state index in [0.717, 1.165) is 0 Å². The highest BCUT2D eigenvalue weighted by Crippen LogP contribution is 2.28. The van der Waals surface area contributed by atoms with Gasteiger partial charge in [0.2, 0.25) is 0 Å². The Morgan fingerprint density at radius 3 is 2.25 bits per heavy atom. The van der Waals surface area contributed by atoms with Crippen LogP contribution in [0.4, 0.5) is 4.79 Å². The number of hydrogen-bond donors (Lipinski definition) is 1. The van der Waals surface area contributed by atoms with Crippen molar-refractivity contribution in [2.24, 2.45) is 5.92 Å². The third-order valence-electron chi connectivity index (χ3n) is 2.39. The molecule has 0 aromatic heterocycles. The lowest BCUT2D eigenvalue weighted by Gasteiger charge is -2.34. The minimum atomic E-state index is -0.490. The van der Waals surface area contributed by atoms with Gasteiger partial charge in [0.15, 0.2) is 0 Å². The van der Waals surface area contributed by atoms with Crippen LogP contribution in [0.25, 0.3) is 0 Å². The lowest BCUT2D eigenvalue weighted by atomic mass is 9.80. The van der Waals surface area contributed by atoms with Crippen LogP contribution in [0.2, 0.25) is 0 Å². The van der Waals surface area contributed by atoms with Crippen LogP contribution in [0.3, 0.4) is 0 Å². The molecule has 5 heteroatoms. The third kappa shape index (κ3) is 3.72. The van der Waals surface area contributed by atoms with E-state index in [1.165, 1.54) is 7.11 Å². The summed E-state index contributed by atoms with van der Waals surface area (Å²) in [5.74, 6) is -0.285. The van der Waals surface area contributed by atoms with Gasteiger partial charge in [0.25, 0.3) is 0 Å². The van der Waals surface area contributed by atoms with Gasteiger partial charge in [-0.15, -0.1) is 0 Å². The van der Waals surface area contributed by atoms with Gasteiger partial charge in [-0.3, -0.25) is 4.79 Å². The van der Waals surface area contributed by atoms with Crippen LogP contribution in [0, 0.1) is 5.92 Å². The maximum atomic E-state index is 11.4. The van der Waals surface area contributed by atoms with Crippen LogP contribution >= 0.6 is 0 Å². The standard InChI is InChI=1S/C11H19NO4/c1-11(2,3)16-10(14)12-8-5-7(6-8)9(13)15-4/h7-8H,5-6H2,1-4H3,(H,12,14)/t7-,8+. The zero-order valence-corrected chi connectivity index (χ0v) is 10.2. The molecule has 0 bridgehead atoms. The predicted molar refractivity (Wildman–Crippen MR) is 57.9 cm³/mol. The van der Waals surface area contributed by atoms with Crippen LogP contribution < -0.4 is 5.32 Å². The summed E-state index contributed by atoms with van der Waals surface area (Å²) in [6.07, 6.45) is 0.832. The van der Waals surface area contributed by atoms with Crippen molar-refractivity contribution in [2.75, 3.05) is 7.11 Å². The summed E-state index contributed by atoms with van der Waals surface area (Å²) in [5.41, 5.74) is -0.490. The van der Waals surface area contributed by atoms with Gasteiger partial charge in [-0.05, 0) is 33.6 Å². The summed E-state index contributed by atoms with van der Waals surface area (Å²) in [7, 11) is 1.37. The van der Waals surface area contributed by atoms with Crippen LogP contribution in [-0.4, -0.2) is 30.8 Å². The molecule has 1 amide bonds. The first kappa shape index (κ1) is 12.8. The fourth-order valence-corrected chi connectivity index (χ4v) is 1.57. The monoisotopic (exact) mass is 229 g/mol. The van der Waals surface area contributed by atoms with E-state index < -0.39 is 11.7 Å². The molecule has 1 fully saturated rings. The van der Waals surface area contributed by atoms with E-state index >= 15 is 0 Å². The molecule has 0 atom stereocenters. The number of carbonyl (C=O) groups is 2. The molecular weight excluding hydrogens is 210 g/mol. The maximum absolute atomic E-state index is 11.4. The first-order chi connectivity index (χ1) is 7.31. The van der Waals surface area contributed by atoms with Crippen LogP contribution in [0.5, 0.6) is 0 Å². The molecule has 0 aromatic rings. The molecule has 0 unspecified atom stereocenters. The fraction of sp³-hybridized carbons (Fsp3) is 0.818. The van der Waals surface area contributed by atoms with E-state index in [2.05, 4.69) is 10.1 Å². The zero-order chi connectivity index (χ0) is 12.3. The van der Waals surface area contributed by atoms with Gasteiger partial charge in [-0.25, -0.2) is 4.79 Å². The fourth-order valence-electron chi connectivity index (χ4n) is 1.57. The van der Waals surface area contributed by atoms with E-state index in [0.29, 0.717) is 12.8 Å². The van der Waals surface area contributed by atoms with E-state index in [4.69, 9.17) is 4.74 Å². The zero-order valence-electron chi connectivity index (χ0n) is 10.2. The lowest BCUT2D eigenvalue weighted by molar-refractivity contribution is -0.149. The molecule has 1 saturated carbocycles. The van der Waals surface area contributed by atoms with Gasteiger partial charge in [0, 0.05) is 6.04 Å². The van der Waals surface area contributed by atoms with Crippen molar-refractivity contribution in [3.8, 4) is 0 Å². The van der Waals surface area contributed by atoms with Crippen molar-refractivity contribution in [1.29, 1.82) is 0 Å². The molecule has 5 nitrogen and oxygen atoms in total. The molecule has 0 aromatic carbocycles. The Morgan fingerprint density at radius 1 is 1.25 bits per heavy atom. The maximum Gasteiger partial charge on any atom is 0.407 e. The van der Waals surface area contributed by atoms with Crippen molar-refractivity contribution in [1.82, 2.24) is 5.32 Å². The number of ether oxygens (including phenoxy) is 2. The molecule has 0 aliphatic heterocycles. The normalized spacial score (nSPS) is 24.2. The highest BCUT2D eigenvalue weighted by Gasteiger charge is 2.36. The van der Waals surface area contributed by atoms with Gasteiger partial charge in [-0.1, -0.05) is 0 Å². The summed E-state index contributed by atoms with van der Waals surface area (Å²) in [6, 6.07) is 0.0268. The topological polar surface area (TPSA) is 64.6 Å². The highest BCUT2D eigenvalue weighted by molar-refractivity contribution is 5.74. The third-order valence-corrected chi connectivity index (χ3v) is 2.39. The Hall–Kier alpha value is -1.26. The Bertz CT molecular complexity index is 276. The average Bonchev–Trinajstić information content (AvgIpc) is 2.06. The molecule has 1 N–H and O–H groups in total. The van der Waals surface area contributed by atoms with Crippen molar-refractivity contribution in [2.45, 2.75) is 45.3 Å². The van der Waals surface area contributed by atoms with E-state index in [1.807, 2.05) is 20.8 Å². The number of carbonyl (C=O) groups excluding carboxylic acids is 2. The second-order valence-corrected chi connectivity index (χ2v) is 5.03. The Balaban J connectivity index is 2.22. The molecule has 1 aliphatic rings. The summed E-state index contributed by atoms with van der Waals surface area (Å²) < 4.78 is 9.71. The summed E-state index contributed by atoms with van der Waals surface area (Å²) in [4.78, 5) is 22.4. The number of amides is 1. The average molecular weight is 229 g/mol. The molecule has 0 heterocycles. The van der Waals surface area contributed by atoms with Crippen LogP contribution in [0.15, 0.2) is 0 Å². The molecule has 0 spiro atoms. The summed E-state index contributed by atoms with van der Waals surface area (Å²) in [5, 5.41) is 2.71. The smallest absolute Gasteiger partial charge is 0.407 e. The van der Waals surface area contributed by atoms with Gasteiger partial charge >= 0.3 is 12.1 Å². The number of hydrogen-bond acceptors (Lipinski definition) is 4. The quantitative estimate of drug-likeness (QED) is 0.728. The SMILES string of the molecule is COC(=O)[C@H]1C[C@@H](NC(=O)OC(C)(C)C)C1. The number of nitrogens with one attached hydrogen (secondary N) is 1. The van der Waals surface area contributed by atoms with Crippen LogP contribution in [-0.2, 0) is 14.3 Å². The first-order valence-corrected chi connectivity index (χ1v) is 5.39. The molecule has 1 aliphatic carbocycles. The van der Waals surface area contributed by atoms with E-state index in [9.17, 15) is 9.59 Å². The molecule has 0 radical (unpaired) electrons. The second kappa shape index (κ2) is 4.72. The Labute approximate surface area is 95.5 Å². The van der Waals surface area contributed by atoms with Gasteiger partial charge in [-0.2, -0.15) is 0 Å². The Morgan fingerprint density at radius 2 is 1.81 bits per heavy atom. The van der Waals surface area contributed by atoms with Gasteiger partial charge in [0.05, 0.1) is 13.0 Å². The largest absolute Gasteiger partial charge is 0.469 e. The van der Waals surface area contributed by atoms with Gasteiger partial charge in [0.1, 0.15) is 5.60 Å². The lowest BCUT2D eigenvalue weighted by Crippen LogP contribution is -2.48. The highest BCUT2D eigenvalue weighted by atomic mass is 16.6. The molecule has 1 rings (SSSR count). The second-order valence-electron chi connectivity index (χ2n) is 5.03. The molecule has 0 saturated heterocycles. The van der Waals surface area contributed by atoms with Crippen LogP contribution in [0.1, 0.15) is 33.6 Å². The van der Waals surface area contributed by atoms with E-state index in [-0.39, 0.29) is 17.9 Å².